The molecule has 0 atom stereocenters. The molecule has 2 aromatic rings. The summed E-state index contributed by atoms with van der Waals surface area (Å²) >= 11 is 0. The fourth-order valence-electron chi connectivity index (χ4n) is 1.70. The monoisotopic (exact) mass is 207 g/mol. The number of rotatable bonds is 3. The van der Waals surface area contributed by atoms with E-state index in [1.807, 2.05) is 23.6 Å². The highest BCUT2D eigenvalue weighted by molar-refractivity contribution is 5.71. The van der Waals surface area contributed by atoms with Crippen LogP contribution in [0.15, 0.2) is 12.1 Å². The lowest BCUT2D eigenvalue weighted by Gasteiger charge is -2.02. The molecule has 0 saturated heterocycles. The zero-order chi connectivity index (χ0) is 10.8. The van der Waals surface area contributed by atoms with Crippen molar-refractivity contribution >= 4 is 11.2 Å². The van der Waals surface area contributed by atoms with Gasteiger partial charge in [-0.25, -0.2) is 14.4 Å². The van der Waals surface area contributed by atoms with Crippen molar-refractivity contribution in [3.05, 3.63) is 23.7 Å². The maximum Gasteiger partial charge on any atom is 0.160 e. The van der Waals surface area contributed by atoms with E-state index >= 15 is 0 Å². The number of hydrogen-bond donors (Lipinski definition) is 0. The molecule has 0 aromatic carbocycles. The first-order valence-corrected chi connectivity index (χ1v) is 5.15. The van der Waals surface area contributed by atoms with Gasteiger partial charge in [0.1, 0.15) is 18.0 Å². The minimum atomic E-state index is -0.385. The van der Waals surface area contributed by atoms with Gasteiger partial charge in [-0.05, 0) is 25.5 Å². The van der Waals surface area contributed by atoms with E-state index in [9.17, 15) is 4.39 Å². The molecule has 0 saturated carbocycles. The Hall–Kier alpha value is -1.45. The van der Waals surface area contributed by atoms with E-state index in [0.717, 1.165) is 29.1 Å². The van der Waals surface area contributed by atoms with Gasteiger partial charge < -0.3 is 4.57 Å². The van der Waals surface area contributed by atoms with Crippen molar-refractivity contribution in [3.8, 4) is 0 Å². The summed E-state index contributed by atoms with van der Waals surface area (Å²) in [6, 6.07) is 3.91. The van der Waals surface area contributed by atoms with Crippen LogP contribution < -0.4 is 0 Å². The summed E-state index contributed by atoms with van der Waals surface area (Å²) in [6.07, 6.45) is 0.885. The molecular weight excluding hydrogens is 193 g/mol. The van der Waals surface area contributed by atoms with Crippen LogP contribution in [0.2, 0.25) is 0 Å². The maximum atomic E-state index is 12.4. The second-order valence-electron chi connectivity index (χ2n) is 3.50. The summed E-state index contributed by atoms with van der Waals surface area (Å²) in [5.41, 5.74) is 2.66. The molecule has 3 nitrogen and oxygen atoms in total. The molecule has 15 heavy (non-hydrogen) atoms. The molecule has 0 unspecified atom stereocenters. The van der Waals surface area contributed by atoms with Gasteiger partial charge in [0.05, 0.1) is 6.54 Å². The van der Waals surface area contributed by atoms with Crippen LogP contribution in [0.3, 0.4) is 0 Å². The maximum absolute atomic E-state index is 12.4. The van der Waals surface area contributed by atoms with Gasteiger partial charge in [0.15, 0.2) is 5.65 Å². The predicted molar refractivity (Wildman–Crippen MR) is 57.6 cm³/mol. The van der Waals surface area contributed by atoms with E-state index in [2.05, 4.69) is 16.9 Å². The van der Waals surface area contributed by atoms with Crippen molar-refractivity contribution < 1.29 is 4.39 Å². The molecule has 0 spiro atoms. The van der Waals surface area contributed by atoms with E-state index in [1.54, 1.807) is 0 Å². The number of aromatic nitrogens is 3. The molecule has 0 fully saturated rings. The van der Waals surface area contributed by atoms with E-state index in [0.29, 0.717) is 6.54 Å². The Kier molecular flexibility index (Phi) is 2.66. The van der Waals surface area contributed by atoms with Crippen molar-refractivity contribution in [1.82, 2.24) is 14.5 Å². The Morgan fingerprint density at radius 3 is 2.80 bits per heavy atom. The van der Waals surface area contributed by atoms with Crippen LogP contribution in [-0.4, -0.2) is 21.2 Å². The predicted octanol–water partition coefficient (Wildman–Crippen LogP) is 2.27. The smallest absolute Gasteiger partial charge is 0.160 e. The first-order chi connectivity index (χ1) is 7.26. The first kappa shape index (κ1) is 10.1. The highest BCUT2D eigenvalue weighted by Crippen LogP contribution is 2.14. The van der Waals surface area contributed by atoms with E-state index in [-0.39, 0.29) is 6.67 Å². The molecule has 0 N–H and O–H groups in total. The summed E-state index contributed by atoms with van der Waals surface area (Å²) < 4.78 is 14.2. The topological polar surface area (TPSA) is 30.7 Å². The number of aryl methyl sites for hydroxylation is 3. The summed E-state index contributed by atoms with van der Waals surface area (Å²) in [6.45, 7) is 3.88. The van der Waals surface area contributed by atoms with Gasteiger partial charge in [-0.1, -0.05) is 6.92 Å². The number of imidazole rings is 1. The molecule has 2 heterocycles. The van der Waals surface area contributed by atoms with Gasteiger partial charge >= 0.3 is 0 Å². The van der Waals surface area contributed by atoms with Gasteiger partial charge in [0, 0.05) is 5.69 Å². The van der Waals surface area contributed by atoms with Gasteiger partial charge in [-0.15, -0.1) is 0 Å². The molecule has 2 rings (SSSR count). The SMILES string of the molecule is CCc1ccc2nc(C)n(CCF)c2n1. The third-order valence-corrected chi connectivity index (χ3v) is 2.51. The van der Waals surface area contributed by atoms with Crippen LogP contribution in [0.25, 0.3) is 11.2 Å². The quantitative estimate of drug-likeness (QED) is 0.773. The van der Waals surface area contributed by atoms with Crippen LogP contribution in [-0.2, 0) is 13.0 Å². The molecule has 0 aliphatic rings. The normalized spacial score (nSPS) is 11.1. The first-order valence-electron chi connectivity index (χ1n) is 5.15. The highest BCUT2D eigenvalue weighted by atomic mass is 19.1. The van der Waals surface area contributed by atoms with Crippen molar-refractivity contribution in [2.75, 3.05) is 6.67 Å². The molecule has 0 aliphatic carbocycles. The molecule has 2 aromatic heterocycles. The van der Waals surface area contributed by atoms with Crippen LogP contribution in [0, 0.1) is 6.92 Å². The molecule has 4 heteroatoms. The molecule has 80 valence electrons. The summed E-state index contributed by atoms with van der Waals surface area (Å²) in [4.78, 5) is 8.81. The summed E-state index contributed by atoms with van der Waals surface area (Å²) in [7, 11) is 0. The second kappa shape index (κ2) is 3.96. The fraction of sp³-hybridized carbons (Fsp3) is 0.455. The van der Waals surface area contributed by atoms with Gasteiger partial charge in [-0.2, -0.15) is 0 Å². The molecule has 0 bridgehead atoms. The van der Waals surface area contributed by atoms with Crippen molar-refractivity contribution in [3.63, 3.8) is 0 Å². The largest absolute Gasteiger partial charge is 0.310 e. The third-order valence-electron chi connectivity index (χ3n) is 2.51. The lowest BCUT2D eigenvalue weighted by Crippen LogP contribution is -2.03. The van der Waals surface area contributed by atoms with Crippen molar-refractivity contribution in [2.24, 2.45) is 0 Å². The zero-order valence-electron chi connectivity index (χ0n) is 9.00. The van der Waals surface area contributed by atoms with Crippen LogP contribution in [0.5, 0.6) is 0 Å². The standard InChI is InChI=1S/C11H14FN3/c1-3-9-4-5-10-11(14-9)15(7-6-12)8(2)13-10/h4-5H,3,6-7H2,1-2H3. The molecular formula is C11H14FN3. The molecule has 0 amide bonds. The lowest BCUT2D eigenvalue weighted by atomic mass is 10.3. The van der Waals surface area contributed by atoms with E-state index in [4.69, 9.17) is 0 Å². The number of fused-ring (bicyclic) bond motifs is 1. The van der Waals surface area contributed by atoms with Gasteiger partial charge in [-0.3, -0.25) is 0 Å². The molecule has 0 aliphatic heterocycles. The Morgan fingerprint density at radius 2 is 2.13 bits per heavy atom. The van der Waals surface area contributed by atoms with Crippen molar-refractivity contribution in [1.29, 1.82) is 0 Å². The number of hydrogen-bond acceptors (Lipinski definition) is 2. The fourth-order valence-corrected chi connectivity index (χ4v) is 1.70. The summed E-state index contributed by atoms with van der Waals surface area (Å²) in [5.74, 6) is 0.823. The zero-order valence-corrected chi connectivity index (χ0v) is 9.00. The number of nitrogens with zero attached hydrogens (tertiary/aromatic N) is 3. The Bertz CT molecular complexity index is 476. The van der Waals surface area contributed by atoms with Gasteiger partial charge in [0.25, 0.3) is 0 Å². The minimum Gasteiger partial charge on any atom is -0.310 e. The number of alkyl halides is 1. The average molecular weight is 207 g/mol. The average Bonchev–Trinajstić information content (AvgIpc) is 2.55. The van der Waals surface area contributed by atoms with Gasteiger partial charge in [0.2, 0.25) is 0 Å². The Labute approximate surface area is 88.0 Å². The second-order valence-corrected chi connectivity index (χ2v) is 3.50. The van der Waals surface area contributed by atoms with Crippen LogP contribution in [0.4, 0.5) is 4.39 Å². The lowest BCUT2D eigenvalue weighted by molar-refractivity contribution is 0.445. The Morgan fingerprint density at radius 1 is 1.33 bits per heavy atom. The van der Waals surface area contributed by atoms with Crippen LogP contribution in [0.1, 0.15) is 18.4 Å². The minimum absolute atomic E-state index is 0.336. The van der Waals surface area contributed by atoms with Crippen molar-refractivity contribution in [2.45, 2.75) is 26.8 Å². The number of halogens is 1. The molecule has 0 radical (unpaired) electrons. The van der Waals surface area contributed by atoms with Crippen LogP contribution >= 0.6 is 0 Å². The highest BCUT2D eigenvalue weighted by Gasteiger charge is 2.08. The number of pyridine rings is 1. The Balaban J connectivity index is 2.61. The summed E-state index contributed by atoms with van der Waals surface area (Å²) in [5, 5.41) is 0. The van der Waals surface area contributed by atoms with E-state index < -0.39 is 0 Å². The third kappa shape index (κ3) is 1.71. The van der Waals surface area contributed by atoms with E-state index in [1.165, 1.54) is 0 Å².